The quantitative estimate of drug-likeness (QED) is 0.339. The summed E-state index contributed by atoms with van der Waals surface area (Å²) in [6, 6.07) is 11.0. The number of para-hydroxylation sites is 1. The average molecular weight is 415 g/mol. The number of hydrogen-bond donors (Lipinski definition) is 0. The third kappa shape index (κ3) is 4.61. The second kappa shape index (κ2) is 8.57. The highest BCUT2D eigenvalue weighted by atomic mass is 32.1. The Bertz CT molecular complexity index is 1080. The van der Waals surface area contributed by atoms with E-state index in [9.17, 15) is 24.1 Å². The highest BCUT2D eigenvalue weighted by Crippen LogP contribution is 2.31. The fourth-order valence-corrected chi connectivity index (χ4v) is 3.34. The van der Waals surface area contributed by atoms with E-state index < -0.39 is 22.6 Å². The lowest BCUT2D eigenvalue weighted by atomic mass is 10.2. The van der Waals surface area contributed by atoms with Crippen LogP contribution in [0.3, 0.4) is 0 Å². The van der Waals surface area contributed by atoms with Crippen molar-refractivity contribution in [2.45, 2.75) is 13.5 Å². The molecule has 1 heterocycles. The zero-order valence-electron chi connectivity index (χ0n) is 15.1. The standard InChI is InChI=1S/C19H14FN3O5S/c1-12(24)22(17-8-3-2-7-16(17)20)19-21-14(11-29-19)10-28-18(25)13-5-4-6-15(9-13)23(26)27/h2-9,11H,10H2,1H3. The molecule has 0 aliphatic carbocycles. The van der Waals surface area contributed by atoms with Gasteiger partial charge < -0.3 is 4.74 Å². The number of thiazole rings is 1. The van der Waals surface area contributed by atoms with Crippen LogP contribution >= 0.6 is 11.3 Å². The number of nitrogens with zero attached hydrogens (tertiary/aromatic N) is 3. The zero-order chi connectivity index (χ0) is 21.0. The molecule has 0 spiro atoms. The van der Waals surface area contributed by atoms with Crippen LogP contribution < -0.4 is 4.90 Å². The molecule has 1 aromatic heterocycles. The summed E-state index contributed by atoms with van der Waals surface area (Å²) in [7, 11) is 0. The van der Waals surface area contributed by atoms with E-state index in [1.165, 1.54) is 43.3 Å². The van der Waals surface area contributed by atoms with Crippen molar-refractivity contribution < 1.29 is 23.6 Å². The van der Waals surface area contributed by atoms with Crippen molar-refractivity contribution in [3.63, 3.8) is 0 Å². The Morgan fingerprint density at radius 2 is 2.00 bits per heavy atom. The molecule has 0 aliphatic rings. The second-order valence-electron chi connectivity index (χ2n) is 5.81. The SMILES string of the molecule is CC(=O)N(c1nc(COC(=O)c2cccc([N+](=O)[O-])c2)cs1)c1ccccc1F. The molecular weight excluding hydrogens is 401 g/mol. The molecule has 0 fully saturated rings. The number of carbonyl (C=O) groups is 2. The molecule has 2 aromatic carbocycles. The van der Waals surface area contributed by atoms with E-state index in [-0.39, 0.29) is 28.7 Å². The smallest absolute Gasteiger partial charge is 0.338 e. The Morgan fingerprint density at radius 1 is 1.24 bits per heavy atom. The second-order valence-corrected chi connectivity index (χ2v) is 6.65. The van der Waals surface area contributed by atoms with Crippen LogP contribution in [0.4, 0.5) is 20.9 Å². The largest absolute Gasteiger partial charge is 0.456 e. The Hall–Kier alpha value is -3.66. The van der Waals surface area contributed by atoms with Crippen molar-refractivity contribution in [1.29, 1.82) is 0 Å². The number of benzene rings is 2. The summed E-state index contributed by atoms with van der Waals surface area (Å²) in [5, 5.41) is 12.6. The summed E-state index contributed by atoms with van der Waals surface area (Å²) in [6.45, 7) is 1.08. The van der Waals surface area contributed by atoms with Gasteiger partial charge >= 0.3 is 5.97 Å². The van der Waals surface area contributed by atoms with Crippen LogP contribution in [0, 0.1) is 15.9 Å². The number of halogens is 1. The lowest BCUT2D eigenvalue weighted by Crippen LogP contribution is -2.23. The fourth-order valence-electron chi connectivity index (χ4n) is 2.47. The predicted octanol–water partition coefficient (Wildman–Crippen LogP) is 4.23. The number of carbonyl (C=O) groups excluding carboxylic acids is 2. The number of amides is 1. The number of esters is 1. The molecule has 0 bridgehead atoms. The van der Waals surface area contributed by atoms with Gasteiger partial charge in [0, 0.05) is 24.4 Å². The van der Waals surface area contributed by atoms with Crippen LogP contribution in [0.15, 0.2) is 53.9 Å². The van der Waals surface area contributed by atoms with Crippen LogP contribution in [-0.2, 0) is 16.1 Å². The maximum absolute atomic E-state index is 14.1. The predicted molar refractivity (Wildman–Crippen MR) is 104 cm³/mol. The van der Waals surface area contributed by atoms with E-state index >= 15 is 0 Å². The summed E-state index contributed by atoms with van der Waals surface area (Å²) >= 11 is 1.09. The Kier molecular flexibility index (Phi) is 5.93. The monoisotopic (exact) mass is 415 g/mol. The first-order valence-electron chi connectivity index (χ1n) is 8.28. The Labute approximate surface area is 168 Å². The van der Waals surface area contributed by atoms with Crippen molar-refractivity contribution in [2.24, 2.45) is 0 Å². The maximum Gasteiger partial charge on any atom is 0.338 e. The molecule has 1 amide bonds. The van der Waals surface area contributed by atoms with E-state index in [2.05, 4.69) is 4.98 Å². The lowest BCUT2D eigenvalue weighted by Gasteiger charge is -2.18. The van der Waals surface area contributed by atoms with Gasteiger partial charge in [0.1, 0.15) is 12.4 Å². The van der Waals surface area contributed by atoms with Gasteiger partial charge in [0.25, 0.3) is 5.69 Å². The number of anilines is 2. The highest BCUT2D eigenvalue weighted by Gasteiger charge is 2.21. The van der Waals surface area contributed by atoms with Crippen LogP contribution in [0.5, 0.6) is 0 Å². The highest BCUT2D eigenvalue weighted by molar-refractivity contribution is 7.14. The van der Waals surface area contributed by atoms with Crippen LogP contribution in [-0.4, -0.2) is 21.8 Å². The van der Waals surface area contributed by atoms with Gasteiger partial charge in [-0.15, -0.1) is 11.3 Å². The molecule has 0 aliphatic heterocycles. The number of non-ortho nitro benzene ring substituents is 1. The van der Waals surface area contributed by atoms with Crippen molar-refractivity contribution in [3.05, 3.63) is 81.1 Å². The Morgan fingerprint density at radius 3 is 2.69 bits per heavy atom. The molecule has 0 saturated carbocycles. The lowest BCUT2D eigenvalue weighted by molar-refractivity contribution is -0.384. The summed E-state index contributed by atoms with van der Waals surface area (Å²) < 4.78 is 19.2. The first kappa shape index (κ1) is 20.1. The zero-order valence-corrected chi connectivity index (χ0v) is 15.9. The van der Waals surface area contributed by atoms with Gasteiger partial charge in [-0.1, -0.05) is 18.2 Å². The number of rotatable bonds is 6. The summed E-state index contributed by atoms with van der Waals surface area (Å²) in [4.78, 5) is 39.7. The normalized spacial score (nSPS) is 10.4. The van der Waals surface area contributed by atoms with Crippen molar-refractivity contribution >= 4 is 39.7 Å². The van der Waals surface area contributed by atoms with Gasteiger partial charge in [0.05, 0.1) is 21.9 Å². The third-order valence-corrected chi connectivity index (χ3v) is 4.66. The number of nitro groups is 1. The van der Waals surface area contributed by atoms with Gasteiger partial charge in [0.2, 0.25) is 5.91 Å². The first-order valence-corrected chi connectivity index (χ1v) is 9.16. The number of aromatic nitrogens is 1. The molecule has 0 N–H and O–H groups in total. The molecule has 0 radical (unpaired) electrons. The third-order valence-electron chi connectivity index (χ3n) is 3.78. The van der Waals surface area contributed by atoms with Gasteiger partial charge in [-0.05, 0) is 18.2 Å². The Balaban J connectivity index is 1.74. The van der Waals surface area contributed by atoms with E-state index in [0.717, 1.165) is 22.3 Å². The van der Waals surface area contributed by atoms with Gasteiger partial charge in [-0.2, -0.15) is 0 Å². The van der Waals surface area contributed by atoms with E-state index in [4.69, 9.17) is 4.74 Å². The van der Waals surface area contributed by atoms with Gasteiger partial charge in [-0.3, -0.25) is 19.8 Å². The van der Waals surface area contributed by atoms with Gasteiger partial charge in [0.15, 0.2) is 5.13 Å². The molecule has 29 heavy (non-hydrogen) atoms. The summed E-state index contributed by atoms with van der Waals surface area (Å²) in [5.74, 6) is -1.75. The minimum Gasteiger partial charge on any atom is -0.456 e. The van der Waals surface area contributed by atoms with Crippen LogP contribution in [0.25, 0.3) is 0 Å². The molecule has 10 heteroatoms. The molecule has 3 rings (SSSR count). The first-order chi connectivity index (χ1) is 13.9. The topological polar surface area (TPSA) is 103 Å². The minimum absolute atomic E-state index is 0.0337. The van der Waals surface area contributed by atoms with Crippen LogP contribution in [0.1, 0.15) is 23.0 Å². The van der Waals surface area contributed by atoms with E-state index in [0.29, 0.717) is 5.69 Å². The van der Waals surface area contributed by atoms with Crippen molar-refractivity contribution in [3.8, 4) is 0 Å². The molecule has 148 valence electrons. The van der Waals surface area contributed by atoms with Crippen LogP contribution in [0.2, 0.25) is 0 Å². The molecule has 8 nitrogen and oxygen atoms in total. The number of nitro benzene ring substituents is 1. The number of ether oxygens (including phenoxy) is 1. The maximum atomic E-state index is 14.1. The molecule has 0 unspecified atom stereocenters. The van der Waals surface area contributed by atoms with Crippen molar-refractivity contribution in [2.75, 3.05) is 4.90 Å². The van der Waals surface area contributed by atoms with E-state index in [1.807, 2.05) is 0 Å². The number of hydrogen-bond acceptors (Lipinski definition) is 7. The summed E-state index contributed by atoms with van der Waals surface area (Å²) in [6.07, 6.45) is 0. The molecule has 0 atom stereocenters. The van der Waals surface area contributed by atoms with Gasteiger partial charge in [-0.25, -0.2) is 14.2 Å². The average Bonchev–Trinajstić information content (AvgIpc) is 3.16. The van der Waals surface area contributed by atoms with Crippen molar-refractivity contribution in [1.82, 2.24) is 4.98 Å². The fraction of sp³-hybridized carbons (Fsp3) is 0.105. The minimum atomic E-state index is -0.749. The molecular formula is C19H14FN3O5S. The van der Waals surface area contributed by atoms with E-state index in [1.54, 1.807) is 11.4 Å². The summed E-state index contributed by atoms with van der Waals surface area (Å²) in [5.41, 5.74) is 0.226. The molecule has 0 saturated heterocycles. The molecule has 3 aromatic rings.